The zero-order chi connectivity index (χ0) is 17.1. The highest BCUT2D eigenvalue weighted by atomic mass is 16.6. The lowest BCUT2D eigenvalue weighted by Gasteiger charge is -2.28. The van der Waals surface area contributed by atoms with Gasteiger partial charge in [-0.1, -0.05) is 32.6 Å². The van der Waals surface area contributed by atoms with Gasteiger partial charge in [-0.05, 0) is 6.42 Å². The van der Waals surface area contributed by atoms with E-state index in [0.29, 0.717) is 6.42 Å². The molecule has 22 heavy (non-hydrogen) atoms. The summed E-state index contributed by atoms with van der Waals surface area (Å²) in [6.45, 7) is 1.23. The Morgan fingerprint density at radius 2 is 1.50 bits per heavy atom. The fourth-order valence-electron chi connectivity index (χ4n) is 1.84. The number of hydrogen-bond acceptors (Lipinski definition) is 8. The zero-order valence-corrected chi connectivity index (χ0v) is 12.8. The van der Waals surface area contributed by atoms with E-state index in [-0.39, 0.29) is 6.42 Å². The third kappa shape index (κ3) is 8.02. The average Bonchev–Trinajstić information content (AvgIpc) is 2.51. The molecular weight excluding hydrogens is 296 g/mol. The molecule has 0 aliphatic heterocycles. The van der Waals surface area contributed by atoms with Gasteiger partial charge in [0.2, 0.25) is 6.29 Å². The van der Waals surface area contributed by atoms with Crippen molar-refractivity contribution in [2.24, 2.45) is 0 Å². The van der Waals surface area contributed by atoms with Crippen molar-refractivity contribution in [3.05, 3.63) is 0 Å². The summed E-state index contributed by atoms with van der Waals surface area (Å²) >= 11 is 0. The lowest BCUT2D eigenvalue weighted by Crippen LogP contribution is -2.50. The van der Waals surface area contributed by atoms with Crippen molar-refractivity contribution in [3.8, 4) is 0 Å². The van der Waals surface area contributed by atoms with Gasteiger partial charge in [0.1, 0.15) is 24.4 Å². The molecule has 0 spiro atoms. The van der Waals surface area contributed by atoms with Gasteiger partial charge in [0.05, 0.1) is 6.61 Å². The molecule has 0 saturated carbocycles. The molecule has 8 heteroatoms. The van der Waals surface area contributed by atoms with Crippen LogP contribution in [0, 0.1) is 0 Å². The minimum Gasteiger partial charge on any atom is -0.433 e. The Bertz CT molecular complexity index is 299. The summed E-state index contributed by atoms with van der Waals surface area (Å²) in [7, 11) is 0. The quantitative estimate of drug-likeness (QED) is 0.147. The fraction of sp³-hybridized carbons (Fsp3) is 0.929. The SMILES string of the molecule is CCCCCCCC(=O)OC(O)[C@H](O)[C@@H](O)[C@H](O)[C@H](O)CO. The highest BCUT2D eigenvalue weighted by molar-refractivity contribution is 5.69. The molecule has 0 radical (unpaired) electrons. The summed E-state index contributed by atoms with van der Waals surface area (Å²) in [5.41, 5.74) is 0. The van der Waals surface area contributed by atoms with Gasteiger partial charge in [0.25, 0.3) is 0 Å². The molecule has 5 atom stereocenters. The Hall–Kier alpha value is -0.770. The van der Waals surface area contributed by atoms with Gasteiger partial charge < -0.3 is 35.4 Å². The van der Waals surface area contributed by atoms with Gasteiger partial charge in [0.15, 0.2) is 0 Å². The van der Waals surface area contributed by atoms with Crippen LogP contribution in [-0.4, -0.2) is 73.9 Å². The van der Waals surface area contributed by atoms with Crippen LogP contribution < -0.4 is 0 Å². The van der Waals surface area contributed by atoms with E-state index in [1.54, 1.807) is 0 Å². The van der Waals surface area contributed by atoms with Crippen molar-refractivity contribution >= 4 is 5.97 Å². The van der Waals surface area contributed by atoms with E-state index in [9.17, 15) is 25.2 Å². The number of unbranched alkanes of at least 4 members (excludes halogenated alkanes) is 4. The number of rotatable bonds is 12. The second-order valence-electron chi connectivity index (χ2n) is 5.27. The first-order chi connectivity index (χ1) is 10.3. The minimum absolute atomic E-state index is 0.0748. The predicted molar refractivity (Wildman–Crippen MR) is 76.6 cm³/mol. The van der Waals surface area contributed by atoms with E-state index in [2.05, 4.69) is 11.7 Å². The third-order valence-corrected chi connectivity index (χ3v) is 3.31. The molecule has 0 rings (SSSR count). The molecule has 0 aliphatic carbocycles. The number of esters is 1. The fourth-order valence-corrected chi connectivity index (χ4v) is 1.84. The van der Waals surface area contributed by atoms with Crippen LogP contribution in [0.3, 0.4) is 0 Å². The summed E-state index contributed by atoms with van der Waals surface area (Å²) in [5, 5.41) is 55.7. The van der Waals surface area contributed by atoms with Gasteiger partial charge >= 0.3 is 5.97 Å². The van der Waals surface area contributed by atoms with Gasteiger partial charge in [-0.3, -0.25) is 4.79 Å². The lowest BCUT2D eigenvalue weighted by molar-refractivity contribution is -0.213. The highest BCUT2D eigenvalue weighted by Crippen LogP contribution is 2.11. The molecule has 0 aromatic carbocycles. The molecule has 0 heterocycles. The summed E-state index contributed by atoms with van der Waals surface area (Å²) < 4.78 is 4.55. The molecule has 6 N–H and O–H groups in total. The zero-order valence-electron chi connectivity index (χ0n) is 12.8. The van der Waals surface area contributed by atoms with Crippen molar-refractivity contribution in [1.82, 2.24) is 0 Å². The molecule has 8 nitrogen and oxygen atoms in total. The highest BCUT2D eigenvalue weighted by Gasteiger charge is 2.35. The first kappa shape index (κ1) is 21.2. The van der Waals surface area contributed by atoms with Gasteiger partial charge in [-0.25, -0.2) is 0 Å². The van der Waals surface area contributed by atoms with Gasteiger partial charge in [-0.15, -0.1) is 0 Å². The van der Waals surface area contributed by atoms with Crippen LogP contribution in [0.2, 0.25) is 0 Å². The number of ether oxygens (including phenoxy) is 1. The Morgan fingerprint density at radius 3 is 2.05 bits per heavy atom. The van der Waals surface area contributed by atoms with Crippen LogP contribution in [0.1, 0.15) is 45.4 Å². The van der Waals surface area contributed by atoms with Crippen molar-refractivity contribution < 1.29 is 40.2 Å². The van der Waals surface area contributed by atoms with Crippen LogP contribution in [0.5, 0.6) is 0 Å². The molecular formula is C14H28O8. The lowest BCUT2D eigenvalue weighted by atomic mass is 10.0. The van der Waals surface area contributed by atoms with Crippen LogP contribution >= 0.6 is 0 Å². The number of carbonyl (C=O) groups excluding carboxylic acids is 1. The minimum atomic E-state index is -2.03. The molecule has 1 unspecified atom stereocenters. The number of hydrogen-bond donors (Lipinski definition) is 6. The second-order valence-corrected chi connectivity index (χ2v) is 5.27. The van der Waals surface area contributed by atoms with E-state index >= 15 is 0 Å². The van der Waals surface area contributed by atoms with Crippen molar-refractivity contribution in [3.63, 3.8) is 0 Å². The number of carbonyl (C=O) groups is 1. The van der Waals surface area contributed by atoms with E-state index in [4.69, 9.17) is 10.2 Å². The van der Waals surface area contributed by atoms with Gasteiger partial charge in [0, 0.05) is 6.42 Å². The Kier molecular flexibility index (Phi) is 11.3. The first-order valence-corrected chi connectivity index (χ1v) is 7.55. The standard InChI is InChI=1S/C14H28O8/c1-2-3-4-5-6-7-10(17)22-14(21)13(20)12(19)11(18)9(16)8-15/h9,11-16,18-21H,2-8H2,1H3/t9-,11-,12+,13-,14?/m1/s1. The summed E-state index contributed by atoms with van der Waals surface area (Å²) in [6.07, 6.45) is -4.91. The molecule has 0 fully saturated rings. The maximum atomic E-state index is 11.4. The maximum absolute atomic E-state index is 11.4. The monoisotopic (exact) mass is 324 g/mol. The van der Waals surface area contributed by atoms with Crippen molar-refractivity contribution in [1.29, 1.82) is 0 Å². The third-order valence-electron chi connectivity index (χ3n) is 3.31. The normalized spacial score (nSPS) is 18.3. The number of aliphatic hydroxyl groups is 6. The largest absolute Gasteiger partial charge is 0.433 e. The van der Waals surface area contributed by atoms with E-state index < -0.39 is 43.3 Å². The predicted octanol–water partition coefficient (Wildman–Crippen LogP) is -1.36. The average molecular weight is 324 g/mol. The Morgan fingerprint density at radius 1 is 0.909 bits per heavy atom. The molecule has 132 valence electrons. The Balaban J connectivity index is 4.12. The topological polar surface area (TPSA) is 148 Å². The summed E-state index contributed by atoms with van der Waals surface area (Å²) in [4.78, 5) is 11.4. The Labute approximate surface area is 130 Å². The van der Waals surface area contributed by atoms with Crippen molar-refractivity contribution in [2.75, 3.05) is 6.61 Å². The maximum Gasteiger partial charge on any atom is 0.308 e. The summed E-state index contributed by atoms with van der Waals surface area (Å²) in [6, 6.07) is 0. The van der Waals surface area contributed by atoms with E-state index in [1.165, 1.54) is 0 Å². The van der Waals surface area contributed by atoms with Crippen LogP contribution in [0.15, 0.2) is 0 Å². The smallest absolute Gasteiger partial charge is 0.308 e. The van der Waals surface area contributed by atoms with E-state index in [1.807, 2.05) is 0 Å². The summed E-state index contributed by atoms with van der Waals surface area (Å²) in [5.74, 6) is -0.729. The second kappa shape index (κ2) is 11.8. The molecule has 0 saturated heterocycles. The van der Waals surface area contributed by atoms with Crippen LogP contribution in [0.25, 0.3) is 0 Å². The molecule has 0 aromatic rings. The van der Waals surface area contributed by atoms with E-state index in [0.717, 1.165) is 25.7 Å². The van der Waals surface area contributed by atoms with Crippen LogP contribution in [-0.2, 0) is 9.53 Å². The van der Waals surface area contributed by atoms with Gasteiger partial charge in [-0.2, -0.15) is 0 Å². The molecule has 0 amide bonds. The number of aliphatic hydroxyl groups excluding tert-OH is 6. The molecule has 0 bridgehead atoms. The van der Waals surface area contributed by atoms with Crippen LogP contribution in [0.4, 0.5) is 0 Å². The first-order valence-electron chi connectivity index (χ1n) is 7.55. The molecule has 0 aliphatic rings. The molecule has 0 aromatic heterocycles. The van der Waals surface area contributed by atoms with Crippen molar-refractivity contribution in [2.45, 2.75) is 76.2 Å².